The number of ether oxygens (including phenoxy) is 1. The van der Waals surface area contributed by atoms with Gasteiger partial charge in [-0.15, -0.1) is 0 Å². The number of rotatable bonds is 7. The van der Waals surface area contributed by atoms with Gasteiger partial charge in [0.05, 0.1) is 13.2 Å². The van der Waals surface area contributed by atoms with E-state index in [2.05, 4.69) is 75.3 Å². The van der Waals surface area contributed by atoms with Gasteiger partial charge in [0.1, 0.15) is 0 Å². The van der Waals surface area contributed by atoms with E-state index in [-0.39, 0.29) is 0 Å². The van der Waals surface area contributed by atoms with Crippen LogP contribution in [0, 0.1) is 6.92 Å². The van der Waals surface area contributed by atoms with Crippen molar-refractivity contribution in [2.45, 2.75) is 26.2 Å². The summed E-state index contributed by atoms with van der Waals surface area (Å²) in [6.07, 6.45) is 5.88. The average Bonchev–Trinajstić information content (AvgIpc) is 3.26. The molecule has 0 unspecified atom stereocenters. The van der Waals surface area contributed by atoms with Gasteiger partial charge in [0.2, 0.25) is 0 Å². The number of hydrogen-bond acceptors (Lipinski definition) is 4. The second-order valence-electron chi connectivity index (χ2n) is 9.17. The van der Waals surface area contributed by atoms with Gasteiger partial charge < -0.3 is 19.5 Å². The highest BCUT2D eigenvalue weighted by molar-refractivity contribution is 5.83. The zero-order valence-electron chi connectivity index (χ0n) is 19.4. The van der Waals surface area contributed by atoms with Crippen molar-refractivity contribution < 1.29 is 4.74 Å². The van der Waals surface area contributed by atoms with Gasteiger partial charge in [-0.2, -0.15) is 0 Å². The van der Waals surface area contributed by atoms with Crippen molar-refractivity contribution in [2.75, 3.05) is 68.8 Å². The molecule has 0 amide bonds. The number of hydrogen-bond donors (Lipinski definition) is 1. The molecule has 5 nitrogen and oxygen atoms in total. The summed E-state index contributed by atoms with van der Waals surface area (Å²) < 4.78 is 5.54. The Bertz CT molecular complexity index is 1020. The first-order valence-electron chi connectivity index (χ1n) is 12.2. The third kappa shape index (κ3) is 4.64. The molecule has 0 atom stereocenters. The molecule has 2 aliphatic heterocycles. The number of nitrogens with one attached hydrogen (secondary N) is 1. The molecule has 2 aromatic carbocycles. The van der Waals surface area contributed by atoms with Gasteiger partial charge in [-0.1, -0.05) is 24.3 Å². The van der Waals surface area contributed by atoms with Crippen LogP contribution < -0.4 is 9.80 Å². The maximum atomic E-state index is 5.54. The van der Waals surface area contributed by atoms with Crippen molar-refractivity contribution in [2.24, 2.45) is 0 Å². The largest absolute Gasteiger partial charge is 0.378 e. The Kier molecular flexibility index (Phi) is 6.65. The van der Waals surface area contributed by atoms with Crippen LogP contribution in [-0.2, 0) is 11.2 Å². The molecule has 170 valence electrons. The average molecular weight is 433 g/mol. The van der Waals surface area contributed by atoms with Crippen LogP contribution in [0.4, 0.5) is 11.4 Å². The van der Waals surface area contributed by atoms with Crippen LogP contribution in [0.5, 0.6) is 0 Å². The summed E-state index contributed by atoms with van der Waals surface area (Å²) in [4.78, 5) is 11.1. The van der Waals surface area contributed by atoms with E-state index >= 15 is 0 Å². The summed E-state index contributed by atoms with van der Waals surface area (Å²) in [5.41, 5.74) is 6.92. The molecule has 5 heteroatoms. The quantitative estimate of drug-likeness (QED) is 0.559. The molecule has 0 spiro atoms. The van der Waals surface area contributed by atoms with Gasteiger partial charge >= 0.3 is 0 Å². The number of unbranched alkanes of at least 4 members (excludes halogenated alkanes) is 1. The minimum atomic E-state index is 0.836. The van der Waals surface area contributed by atoms with Crippen LogP contribution in [-0.4, -0.2) is 68.9 Å². The Morgan fingerprint density at radius 3 is 2.31 bits per heavy atom. The second kappa shape index (κ2) is 9.97. The van der Waals surface area contributed by atoms with Crippen molar-refractivity contribution in [1.29, 1.82) is 0 Å². The monoisotopic (exact) mass is 432 g/mol. The molecule has 2 saturated heterocycles. The number of aromatic nitrogens is 1. The molecule has 1 N–H and O–H groups in total. The number of benzene rings is 2. The molecule has 32 heavy (non-hydrogen) atoms. The number of nitrogens with zero attached hydrogens (tertiary/aromatic N) is 3. The Labute approximate surface area is 192 Å². The van der Waals surface area contributed by atoms with Gasteiger partial charge in [0.25, 0.3) is 0 Å². The van der Waals surface area contributed by atoms with E-state index in [4.69, 9.17) is 4.74 Å². The standard InChI is InChI=1S/C27H36N4O/c1-22-26(10-6-11-27(22)31-17-19-32-20-18-31)30-15-13-29(14-16-30)12-5-4-7-23-21-28-25-9-3-2-8-24(23)25/h2-3,6,8-11,21,28H,4-5,7,12-20H2,1H3. The zero-order valence-corrected chi connectivity index (χ0v) is 19.4. The Morgan fingerprint density at radius 1 is 0.812 bits per heavy atom. The number of anilines is 2. The van der Waals surface area contributed by atoms with E-state index in [1.807, 2.05) is 0 Å². The normalized spacial score (nSPS) is 17.9. The van der Waals surface area contributed by atoms with Crippen LogP contribution in [0.3, 0.4) is 0 Å². The SMILES string of the molecule is Cc1c(N2CCOCC2)cccc1N1CCN(CCCCc2c[nH]c3ccccc23)CC1. The Balaban J connectivity index is 1.10. The first-order valence-corrected chi connectivity index (χ1v) is 12.2. The highest BCUT2D eigenvalue weighted by Crippen LogP contribution is 2.30. The van der Waals surface area contributed by atoms with E-state index in [0.717, 1.165) is 58.9 Å². The van der Waals surface area contributed by atoms with Gasteiger partial charge in [-0.3, -0.25) is 4.90 Å². The summed E-state index contributed by atoms with van der Waals surface area (Å²) in [5.74, 6) is 0. The molecule has 0 bridgehead atoms. The van der Waals surface area contributed by atoms with E-state index in [1.54, 1.807) is 0 Å². The number of aryl methyl sites for hydroxylation is 1. The smallest absolute Gasteiger partial charge is 0.0642 e. The van der Waals surface area contributed by atoms with E-state index < -0.39 is 0 Å². The van der Waals surface area contributed by atoms with E-state index in [9.17, 15) is 0 Å². The van der Waals surface area contributed by atoms with Crippen molar-refractivity contribution in [1.82, 2.24) is 9.88 Å². The predicted molar refractivity (Wildman–Crippen MR) is 134 cm³/mol. The highest BCUT2D eigenvalue weighted by atomic mass is 16.5. The Morgan fingerprint density at radius 2 is 1.53 bits per heavy atom. The fourth-order valence-corrected chi connectivity index (χ4v) is 5.30. The molecule has 0 aliphatic carbocycles. The minimum Gasteiger partial charge on any atom is -0.378 e. The Hall–Kier alpha value is -2.50. The molecule has 1 aromatic heterocycles. The summed E-state index contributed by atoms with van der Waals surface area (Å²) >= 11 is 0. The minimum absolute atomic E-state index is 0.836. The summed E-state index contributed by atoms with van der Waals surface area (Å²) in [5, 5.41) is 1.38. The number of piperazine rings is 1. The van der Waals surface area contributed by atoms with Gasteiger partial charge in [-0.25, -0.2) is 0 Å². The molecule has 3 aromatic rings. The lowest BCUT2D eigenvalue weighted by atomic mass is 10.1. The topological polar surface area (TPSA) is 34.7 Å². The third-order valence-corrected chi connectivity index (χ3v) is 7.19. The highest BCUT2D eigenvalue weighted by Gasteiger charge is 2.21. The van der Waals surface area contributed by atoms with Gasteiger partial charge in [0.15, 0.2) is 0 Å². The van der Waals surface area contributed by atoms with Crippen molar-refractivity contribution in [3.63, 3.8) is 0 Å². The molecule has 0 saturated carbocycles. The van der Waals surface area contributed by atoms with Crippen LogP contribution >= 0.6 is 0 Å². The molecular formula is C27H36N4O. The second-order valence-corrected chi connectivity index (χ2v) is 9.17. The maximum Gasteiger partial charge on any atom is 0.0642 e. The third-order valence-electron chi connectivity index (χ3n) is 7.19. The lowest BCUT2D eigenvalue weighted by Crippen LogP contribution is -2.47. The maximum absolute atomic E-state index is 5.54. The number of morpholine rings is 1. The molecule has 2 aliphatic rings. The lowest BCUT2D eigenvalue weighted by molar-refractivity contribution is 0.122. The molecule has 0 radical (unpaired) electrons. The van der Waals surface area contributed by atoms with Crippen LogP contribution in [0.2, 0.25) is 0 Å². The fraction of sp³-hybridized carbons (Fsp3) is 0.481. The van der Waals surface area contributed by atoms with Crippen molar-refractivity contribution in [3.8, 4) is 0 Å². The number of para-hydroxylation sites is 1. The van der Waals surface area contributed by atoms with Crippen molar-refractivity contribution in [3.05, 3.63) is 59.8 Å². The zero-order chi connectivity index (χ0) is 21.8. The van der Waals surface area contributed by atoms with E-state index in [0.29, 0.717) is 0 Å². The van der Waals surface area contributed by atoms with Crippen LogP contribution in [0.25, 0.3) is 10.9 Å². The molecule has 5 rings (SSSR count). The first kappa shape index (κ1) is 21.4. The van der Waals surface area contributed by atoms with Crippen molar-refractivity contribution >= 4 is 22.3 Å². The molecule has 3 heterocycles. The fourth-order valence-electron chi connectivity index (χ4n) is 5.30. The van der Waals surface area contributed by atoms with Gasteiger partial charge in [-0.05, 0) is 62.1 Å². The molecule has 2 fully saturated rings. The lowest BCUT2D eigenvalue weighted by Gasteiger charge is -2.38. The van der Waals surface area contributed by atoms with Gasteiger partial charge in [0, 0.05) is 67.7 Å². The number of fused-ring (bicyclic) bond motifs is 1. The number of aromatic amines is 1. The molecular weight excluding hydrogens is 396 g/mol. The first-order chi connectivity index (χ1) is 15.8. The summed E-state index contributed by atoms with van der Waals surface area (Å²) in [7, 11) is 0. The van der Waals surface area contributed by atoms with Crippen LogP contribution in [0.1, 0.15) is 24.0 Å². The van der Waals surface area contributed by atoms with Crippen LogP contribution in [0.15, 0.2) is 48.7 Å². The van der Waals surface area contributed by atoms with E-state index in [1.165, 1.54) is 52.8 Å². The number of H-pyrrole nitrogens is 1. The summed E-state index contributed by atoms with van der Waals surface area (Å²) in [6.45, 7) is 11.7. The summed E-state index contributed by atoms with van der Waals surface area (Å²) in [6, 6.07) is 15.4. The predicted octanol–water partition coefficient (Wildman–Crippen LogP) is 4.46.